The minimum atomic E-state index is 0.0677. The molecule has 2 heterocycles. The number of hydrogen-bond acceptors (Lipinski definition) is 3. The quantitative estimate of drug-likeness (QED) is 0.710. The Morgan fingerprint density at radius 1 is 1.29 bits per heavy atom. The van der Waals surface area contributed by atoms with Crippen molar-refractivity contribution >= 4 is 23.1 Å². The molecule has 1 unspecified atom stereocenters. The van der Waals surface area contributed by atoms with E-state index in [9.17, 15) is 0 Å². The molecular formula is C13H16N2OS. The summed E-state index contributed by atoms with van der Waals surface area (Å²) < 4.78 is 0. The molecule has 0 aliphatic carbocycles. The first-order valence-electron chi connectivity index (χ1n) is 5.95. The Morgan fingerprint density at radius 3 is 2.71 bits per heavy atom. The predicted molar refractivity (Wildman–Crippen MR) is 71.5 cm³/mol. The van der Waals surface area contributed by atoms with Crippen LogP contribution in [0.25, 0.3) is 0 Å². The van der Waals surface area contributed by atoms with Crippen LogP contribution in [0.4, 0.5) is 5.69 Å². The Hall–Kier alpha value is -1.13. The minimum absolute atomic E-state index is 0.0677. The first kappa shape index (κ1) is 11.0. The molecule has 17 heavy (non-hydrogen) atoms. The van der Waals surface area contributed by atoms with Gasteiger partial charge in [-0.25, -0.2) is 0 Å². The van der Waals surface area contributed by atoms with Gasteiger partial charge in [-0.05, 0) is 51.0 Å². The van der Waals surface area contributed by atoms with E-state index in [-0.39, 0.29) is 11.7 Å². The summed E-state index contributed by atoms with van der Waals surface area (Å²) in [5.74, 6) is 0. The van der Waals surface area contributed by atoms with E-state index in [0.717, 1.165) is 18.5 Å². The van der Waals surface area contributed by atoms with Crippen LogP contribution in [0, 0.1) is 0 Å². The summed E-state index contributed by atoms with van der Waals surface area (Å²) >= 11 is 5.34. The van der Waals surface area contributed by atoms with Crippen LogP contribution in [0.3, 0.4) is 0 Å². The zero-order valence-electron chi connectivity index (χ0n) is 10.1. The van der Waals surface area contributed by atoms with Gasteiger partial charge in [-0.15, -0.1) is 5.06 Å². The van der Waals surface area contributed by atoms with E-state index in [1.807, 2.05) is 23.3 Å². The van der Waals surface area contributed by atoms with Gasteiger partial charge in [0, 0.05) is 5.69 Å². The van der Waals surface area contributed by atoms with Crippen molar-refractivity contribution in [1.82, 2.24) is 5.06 Å². The highest BCUT2D eigenvalue weighted by atomic mass is 32.1. The summed E-state index contributed by atoms with van der Waals surface area (Å²) in [5, 5.41) is 2.61. The van der Waals surface area contributed by atoms with Crippen LogP contribution >= 0.6 is 12.2 Å². The lowest BCUT2D eigenvalue weighted by atomic mass is 10.0. The van der Waals surface area contributed by atoms with E-state index in [0.29, 0.717) is 5.17 Å². The van der Waals surface area contributed by atoms with Crippen molar-refractivity contribution < 1.29 is 4.84 Å². The lowest BCUT2D eigenvalue weighted by Crippen LogP contribution is -2.41. The van der Waals surface area contributed by atoms with Crippen molar-refractivity contribution in [2.75, 3.05) is 4.90 Å². The smallest absolute Gasteiger partial charge is 0.287 e. The van der Waals surface area contributed by atoms with Gasteiger partial charge in [0.15, 0.2) is 0 Å². The van der Waals surface area contributed by atoms with E-state index in [1.165, 1.54) is 0 Å². The van der Waals surface area contributed by atoms with Crippen molar-refractivity contribution in [3.63, 3.8) is 0 Å². The number of hydrogen-bond donors (Lipinski definition) is 0. The molecule has 0 aromatic heterocycles. The normalized spacial score (nSPS) is 27.1. The van der Waals surface area contributed by atoms with Crippen LogP contribution in [0.1, 0.15) is 26.7 Å². The summed E-state index contributed by atoms with van der Waals surface area (Å²) in [5.41, 5.74) is 1.18. The molecule has 0 bridgehead atoms. The highest BCUT2D eigenvalue weighted by Crippen LogP contribution is 2.41. The topological polar surface area (TPSA) is 15.7 Å². The molecule has 2 aliphatic heterocycles. The molecule has 2 aliphatic rings. The van der Waals surface area contributed by atoms with Crippen molar-refractivity contribution in [2.24, 2.45) is 0 Å². The van der Waals surface area contributed by atoms with Gasteiger partial charge in [-0.3, -0.25) is 4.90 Å². The van der Waals surface area contributed by atoms with Crippen LogP contribution in [0.15, 0.2) is 30.3 Å². The fourth-order valence-corrected chi connectivity index (χ4v) is 2.95. The average molecular weight is 248 g/mol. The maximum atomic E-state index is 5.76. The molecule has 0 N–H and O–H groups in total. The summed E-state index contributed by atoms with van der Waals surface area (Å²) in [4.78, 5) is 7.87. The number of para-hydroxylation sites is 1. The van der Waals surface area contributed by atoms with Crippen molar-refractivity contribution in [2.45, 2.75) is 38.4 Å². The zero-order valence-corrected chi connectivity index (χ0v) is 10.9. The van der Waals surface area contributed by atoms with Crippen LogP contribution in [0.5, 0.6) is 0 Å². The molecule has 0 saturated carbocycles. The first-order valence-corrected chi connectivity index (χ1v) is 6.36. The predicted octanol–water partition coefficient (Wildman–Crippen LogP) is 2.92. The number of rotatable bonds is 1. The Balaban J connectivity index is 1.95. The second kappa shape index (κ2) is 3.68. The van der Waals surface area contributed by atoms with Crippen molar-refractivity contribution in [3.05, 3.63) is 30.3 Å². The summed E-state index contributed by atoms with van der Waals surface area (Å²) in [6.07, 6.45) is 2.46. The van der Waals surface area contributed by atoms with Gasteiger partial charge >= 0.3 is 0 Å². The fraction of sp³-hybridized carbons (Fsp3) is 0.462. The van der Waals surface area contributed by atoms with Gasteiger partial charge in [-0.1, -0.05) is 18.2 Å². The lowest BCUT2D eigenvalue weighted by molar-refractivity contribution is -0.117. The third kappa shape index (κ3) is 1.63. The molecule has 0 radical (unpaired) electrons. The maximum Gasteiger partial charge on any atom is 0.287 e. The lowest BCUT2D eigenvalue weighted by Gasteiger charge is -2.27. The van der Waals surface area contributed by atoms with Crippen molar-refractivity contribution in [1.29, 1.82) is 0 Å². The van der Waals surface area contributed by atoms with E-state index >= 15 is 0 Å². The van der Waals surface area contributed by atoms with Crippen LogP contribution in [-0.2, 0) is 4.84 Å². The van der Waals surface area contributed by atoms with E-state index in [4.69, 9.17) is 17.1 Å². The Bertz CT molecular complexity index is 446. The average Bonchev–Trinajstić information content (AvgIpc) is 2.78. The third-order valence-corrected chi connectivity index (χ3v) is 3.86. The van der Waals surface area contributed by atoms with Gasteiger partial charge in [0.25, 0.3) is 5.17 Å². The highest BCUT2D eigenvalue weighted by molar-refractivity contribution is 7.80. The van der Waals surface area contributed by atoms with E-state index < -0.39 is 0 Å². The number of nitrogens with zero attached hydrogens (tertiary/aromatic N) is 2. The number of benzene rings is 1. The fourth-order valence-electron chi connectivity index (χ4n) is 2.65. The number of thiocarbonyl (C=S) groups is 1. The zero-order chi connectivity index (χ0) is 12.0. The standard InChI is InChI=1S/C13H16N2OS/c1-13(2)9-8-11-14(12(17)16-15(11)13)10-6-4-3-5-7-10/h3-7,11H,8-9H2,1-2H3. The maximum absolute atomic E-state index is 5.76. The number of fused-ring (bicyclic) bond motifs is 1. The largest absolute Gasteiger partial charge is 0.372 e. The molecule has 3 rings (SSSR count). The Kier molecular flexibility index (Phi) is 2.38. The van der Waals surface area contributed by atoms with Crippen LogP contribution in [-0.4, -0.2) is 21.9 Å². The van der Waals surface area contributed by atoms with Gasteiger partial charge in [0.1, 0.15) is 6.17 Å². The second-order valence-corrected chi connectivity index (χ2v) is 5.57. The molecule has 1 aromatic carbocycles. The third-order valence-electron chi connectivity index (χ3n) is 3.59. The minimum Gasteiger partial charge on any atom is -0.372 e. The van der Waals surface area contributed by atoms with Gasteiger partial charge < -0.3 is 4.84 Å². The molecule has 1 atom stereocenters. The second-order valence-electron chi connectivity index (χ2n) is 5.22. The SMILES string of the molecule is CC1(C)CCC2N(c3ccccc3)C(=S)ON21. The summed E-state index contributed by atoms with van der Waals surface area (Å²) in [7, 11) is 0. The van der Waals surface area contributed by atoms with Gasteiger partial charge in [0.05, 0.1) is 5.54 Å². The number of anilines is 1. The Labute approximate surface area is 107 Å². The molecule has 0 spiro atoms. The summed E-state index contributed by atoms with van der Waals surface area (Å²) in [6, 6.07) is 10.2. The molecular weight excluding hydrogens is 232 g/mol. The van der Waals surface area contributed by atoms with Crippen LogP contribution < -0.4 is 4.90 Å². The van der Waals surface area contributed by atoms with Gasteiger partial charge in [0.2, 0.25) is 0 Å². The number of hydroxylamine groups is 2. The van der Waals surface area contributed by atoms with Gasteiger partial charge in [-0.2, -0.15) is 0 Å². The molecule has 3 nitrogen and oxygen atoms in total. The molecule has 0 amide bonds. The monoisotopic (exact) mass is 248 g/mol. The van der Waals surface area contributed by atoms with E-state index in [1.54, 1.807) is 0 Å². The Morgan fingerprint density at radius 2 is 2.00 bits per heavy atom. The van der Waals surface area contributed by atoms with Crippen LogP contribution in [0.2, 0.25) is 0 Å². The molecule has 2 saturated heterocycles. The molecule has 90 valence electrons. The highest BCUT2D eigenvalue weighted by Gasteiger charge is 2.50. The molecule has 1 aromatic rings. The molecule has 4 heteroatoms. The van der Waals surface area contributed by atoms with Crippen molar-refractivity contribution in [3.8, 4) is 0 Å². The summed E-state index contributed by atoms with van der Waals surface area (Å²) in [6.45, 7) is 4.40. The first-order chi connectivity index (χ1) is 8.09. The van der Waals surface area contributed by atoms with E-state index in [2.05, 4.69) is 30.9 Å². The molecule has 2 fully saturated rings.